The summed E-state index contributed by atoms with van der Waals surface area (Å²) in [5, 5.41) is 8.85. The van der Waals surface area contributed by atoms with Crippen LogP contribution in [0.2, 0.25) is 0 Å². The average molecular weight is 454 g/mol. The van der Waals surface area contributed by atoms with Crippen molar-refractivity contribution >= 4 is 26.7 Å². The summed E-state index contributed by atoms with van der Waals surface area (Å²) < 4.78 is 9.06. The molecule has 0 spiro atoms. The van der Waals surface area contributed by atoms with Crippen LogP contribution in [0.5, 0.6) is 11.5 Å². The van der Waals surface area contributed by atoms with Crippen LogP contribution >= 0.6 is 11.3 Å². The summed E-state index contributed by atoms with van der Waals surface area (Å²) in [6.07, 6.45) is 6.81. The van der Waals surface area contributed by atoms with Crippen LogP contribution in [0.15, 0.2) is 73.1 Å². The lowest BCUT2D eigenvalue weighted by Gasteiger charge is -2.25. The van der Waals surface area contributed by atoms with E-state index in [0.717, 1.165) is 57.5 Å². The van der Waals surface area contributed by atoms with Gasteiger partial charge in [0, 0.05) is 37.6 Å². The number of benzene rings is 2. The van der Waals surface area contributed by atoms with Crippen LogP contribution in [-0.2, 0) is 19.9 Å². The first-order valence-electron chi connectivity index (χ1n) is 11.1. The fourth-order valence-corrected chi connectivity index (χ4v) is 5.37. The molecule has 164 valence electrons. The Kier molecular flexibility index (Phi) is 5.03. The molecule has 5 aromatic rings. The normalized spacial score (nSPS) is 15.4. The molecule has 3 aromatic heterocycles. The number of anilines is 1. The number of thiazole rings is 1. The van der Waals surface area contributed by atoms with Crippen molar-refractivity contribution in [2.75, 3.05) is 5.32 Å². The van der Waals surface area contributed by atoms with Crippen LogP contribution in [0.4, 0.5) is 5.13 Å². The Morgan fingerprint density at radius 1 is 1.00 bits per heavy atom. The van der Waals surface area contributed by atoms with Gasteiger partial charge in [-0.05, 0) is 54.7 Å². The van der Waals surface area contributed by atoms with E-state index in [1.54, 1.807) is 28.4 Å². The van der Waals surface area contributed by atoms with E-state index < -0.39 is 0 Å². The van der Waals surface area contributed by atoms with Crippen LogP contribution in [0.1, 0.15) is 17.5 Å². The Balaban J connectivity index is 1.19. The third-order valence-electron chi connectivity index (χ3n) is 6.08. The molecule has 1 aliphatic carbocycles. The van der Waals surface area contributed by atoms with E-state index in [4.69, 9.17) is 9.72 Å². The van der Waals surface area contributed by atoms with Crippen molar-refractivity contribution in [2.24, 2.45) is 7.05 Å². The van der Waals surface area contributed by atoms with Crippen LogP contribution in [0.3, 0.4) is 0 Å². The maximum Gasteiger partial charge on any atom is 0.184 e. The highest BCUT2D eigenvalue weighted by Crippen LogP contribution is 2.33. The molecule has 0 saturated carbocycles. The number of hydrogen-bond donors (Lipinski definition) is 1. The number of ether oxygens (including phenoxy) is 1. The summed E-state index contributed by atoms with van der Waals surface area (Å²) >= 11 is 1.67. The maximum absolute atomic E-state index is 6.15. The van der Waals surface area contributed by atoms with E-state index in [0.29, 0.717) is 6.04 Å². The zero-order valence-corrected chi connectivity index (χ0v) is 19.0. The van der Waals surface area contributed by atoms with Crippen molar-refractivity contribution in [3.05, 3.63) is 84.2 Å². The number of hydrogen-bond acceptors (Lipinski definition) is 6. The van der Waals surface area contributed by atoms with Crippen molar-refractivity contribution < 1.29 is 4.74 Å². The first-order chi connectivity index (χ1) is 16.2. The highest BCUT2D eigenvalue weighted by atomic mass is 32.1. The van der Waals surface area contributed by atoms with Crippen LogP contribution in [0.25, 0.3) is 21.6 Å². The second kappa shape index (κ2) is 8.33. The summed E-state index contributed by atoms with van der Waals surface area (Å²) in [6, 6.07) is 20.9. The number of aryl methyl sites for hydroxylation is 2. The lowest BCUT2D eigenvalue weighted by molar-refractivity contribution is 0.483. The zero-order chi connectivity index (χ0) is 22.2. The third kappa shape index (κ3) is 4.07. The molecule has 0 saturated heterocycles. The lowest BCUT2D eigenvalue weighted by atomic mass is 9.88. The molecular formula is C26H23N5OS. The fourth-order valence-electron chi connectivity index (χ4n) is 4.40. The van der Waals surface area contributed by atoms with Gasteiger partial charge in [-0.2, -0.15) is 5.10 Å². The van der Waals surface area contributed by atoms with Gasteiger partial charge in [-0.3, -0.25) is 9.67 Å². The Hall–Kier alpha value is -3.71. The molecule has 6 rings (SSSR count). The third-order valence-corrected chi connectivity index (χ3v) is 7.03. The molecule has 1 N–H and O–H groups in total. The van der Waals surface area contributed by atoms with Gasteiger partial charge in [0.25, 0.3) is 0 Å². The highest BCUT2D eigenvalue weighted by molar-refractivity contribution is 7.22. The quantitative estimate of drug-likeness (QED) is 0.361. The van der Waals surface area contributed by atoms with Gasteiger partial charge in [0.2, 0.25) is 0 Å². The molecule has 0 amide bonds. The monoisotopic (exact) mass is 453 g/mol. The first kappa shape index (κ1) is 19.9. The predicted molar refractivity (Wildman–Crippen MR) is 132 cm³/mol. The van der Waals surface area contributed by atoms with E-state index in [1.165, 1.54) is 11.1 Å². The molecular weight excluding hydrogens is 430 g/mol. The SMILES string of the molecule is Cn1nccc1-c1cc(Oc2ccc3nc(N[C@H]4CCc5ccccc5C4)sc3c2)ccn1. The molecule has 3 heterocycles. The average Bonchev–Trinajstić information content (AvgIpc) is 3.44. The second-order valence-corrected chi connectivity index (χ2v) is 9.35. The molecule has 0 radical (unpaired) electrons. The lowest BCUT2D eigenvalue weighted by Crippen LogP contribution is -2.27. The van der Waals surface area contributed by atoms with Gasteiger partial charge >= 0.3 is 0 Å². The standard InChI is InChI=1S/C26H23N5OS/c1-31-24(11-13-28-31)23-15-21(10-12-27-23)32-20-8-9-22-25(16-20)33-26(30-22)29-19-7-6-17-4-2-3-5-18(17)14-19/h2-5,8-13,15-16,19H,6-7,14H2,1H3,(H,29,30)/t19-/m0/s1. The number of pyridine rings is 1. The summed E-state index contributed by atoms with van der Waals surface area (Å²) in [4.78, 5) is 9.25. The maximum atomic E-state index is 6.15. The van der Waals surface area contributed by atoms with Crippen molar-refractivity contribution in [1.82, 2.24) is 19.7 Å². The number of nitrogens with zero attached hydrogens (tertiary/aromatic N) is 4. The van der Waals surface area contributed by atoms with Crippen LogP contribution < -0.4 is 10.1 Å². The Morgan fingerprint density at radius 3 is 2.76 bits per heavy atom. The summed E-state index contributed by atoms with van der Waals surface area (Å²) in [5.41, 5.74) is 5.67. The van der Waals surface area contributed by atoms with E-state index in [-0.39, 0.29) is 0 Å². The molecule has 1 atom stereocenters. The van der Waals surface area contributed by atoms with Gasteiger partial charge < -0.3 is 10.1 Å². The van der Waals surface area contributed by atoms with Gasteiger partial charge in [0.05, 0.1) is 21.6 Å². The molecule has 2 aromatic carbocycles. The Bertz CT molecular complexity index is 1440. The Labute approximate surface area is 195 Å². The van der Waals surface area contributed by atoms with E-state index in [1.807, 2.05) is 37.4 Å². The van der Waals surface area contributed by atoms with Gasteiger partial charge in [-0.25, -0.2) is 4.98 Å². The van der Waals surface area contributed by atoms with E-state index in [2.05, 4.69) is 45.7 Å². The largest absolute Gasteiger partial charge is 0.457 e. The zero-order valence-electron chi connectivity index (χ0n) is 18.2. The van der Waals surface area contributed by atoms with Crippen LogP contribution in [0, 0.1) is 0 Å². The van der Waals surface area contributed by atoms with Gasteiger partial charge in [-0.1, -0.05) is 35.6 Å². The minimum atomic E-state index is 0.415. The van der Waals surface area contributed by atoms with Crippen molar-refractivity contribution in [2.45, 2.75) is 25.3 Å². The molecule has 1 aliphatic rings. The van der Waals surface area contributed by atoms with Gasteiger partial charge in [0.15, 0.2) is 5.13 Å². The predicted octanol–water partition coefficient (Wildman–Crippen LogP) is 5.85. The minimum absolute atomic E-state index is 0.415. The van der Waals surface area contributed by atoms with Crippen LogP contribution in [-0.4, -0.2) is 25.8 Å². The highest BCUT2D eigenvalue weighted by Gasteiger charge is 2.19. The van der Waals surface area contributed by atoms with Crippen molar-refractivity contribution in [3.63, 3.8) is 0 Å². The Morgan fingerprint density at radius 2 is 1.88 bits per heavy atom. The van der Waals surface area contributed by atoms with Gasteiger partial charge in [0.1, 0.15) is 11.5 Å². The minimum Gasteiger partial charge on any atom is -0.457 e. The molecule has 0 unspecified atom stereocenters. The van der Waals surface area contributed by atoms with Crippen molar-refractivity contribution in [3.8, 4) is 22.9 Å². The summed E-state index contributed by atoms with van der Waals surface area (Å²) in [6.45, 7) is 0. The number of rotatable bonds is 5. The summed E-state index contributed by atoms with van der Waals surface area (Å²) in [5.74, 6) is 1.52. The molecule has 33 heavy (non-hydrogen) atoms. The number of nitrogens with one attached hydrogen (secondary N) is 1. The molecule has 0 aliphatic heterocycles. The smallest absolute Gasteiger partial charge is 0.184 e. The van der Waals surface area contributed by atoms with Crippen molar-refractivity contribution in [1.29, 1.82) is 0 Å². The topological polar surface area (TPSA) is 64.9 Å². The number of aromatic nitrogens is 4. The second-order valence-electron chi connectivity index (χ2n) is 8.32. The first-order valence-corrected chi connectivity index (χ1v) is 11.9. The fraction of sp³-hybridized carbons (Fsp3) is 0.192. The molecule has 6 nitrogen and oxygen atoms in total. The summed E-state index contributed by atoms with van der Waals surface area (Å²) in [7, 11) is 1.90. The molecule has 0 bridgehead atoms. The number of fused-ring (bicyclic) bond motifs is 2. The molecule has 0 fully saturated rings. The van der Waals surface area contributed by atoms with Gasteiger partial charge in [-0.15, -0.1) is 0 Å². The molecule has 7 heteroatoms. The van der Waals surface area contributed by atoms with E-state index >= 15 is 0 Å². The van der Waals surface area contributed by atoms with E-state index in [9.17, 15) is 0 Å².